The summed E-state index contributed by atoms with van der Waals surface area (Å²) in [6, 6.07) is 10.5. The summed E-state index contributed by atoms with van der Waals surface area (Å²) in [5.74, 6) is 0.855. The minimum absolute atomic E-state index is 0. The van der Waals surface area contributed by atoms with E-state index in [2.05, 4.69) is 51.8 Å². The summed E-state index contributed by atoms with van der Waals surface area (Å²) in [6.07, 6.45) is 3.25. The van der Waals surface area contributed by atoms with Gasteiger partial charge in [-0.2, -0.15) is 0 Å². The first kappa shape index (κ1) is 23.7. The Morgan fingerprint density at radius 1 is 1.19 bits per heavy atom. The number of likely N-dealkylation sites (tertiary alicyclic amines) is 1. The van der Waals surface area contributed by atoms with Crippen molar-refractivity contribution >= 4 is 35.8 Å². The Morgan fingerprint density at radius 2 is 1.89 bits per heavy atom. The van der Waals surface area contributed by atoms with E-state index in [-0.39, 0.29) is 36.4 Å². The van der Waals surface area contributed by atoms with Crippen molar-refractivity contribution in [2.45, 2.75) is 32.7 Å². The Labute approximate surface area is 180 Å². The fraction of sp³-hybridized carbons (Fsp3) is 0.600. The molecule has 0 radical (unpaired) electrons. The molecule has 2 rings (SSSR count). The third kappa shape index (κ3) is 9.41. The third-order valence-corrected chi connectivity index (χ3v) is 4.48. The summed E-state index contributed by atoms with van der Waals surface area (Å²) in [5.41, 5.74) is 1.33. The minimum Gasteiger partial charge on any atom is -0.357 e. The SMILES string of the molecule is CCNC(=NCC(=O)N1CCCC1)NCCCN(C)Cc1ccccc1.I. The highest BCUT2D eigenvalue weighted by molar-refractivity contribution is 14.0. The van der Waals surface area contributed by atoms with Crippen LogP contribution in [0.5, 0.6) is 0 Å². The molecule has 1 aromatic rings. The van der Waals surface area contributed by atoms with E-state index in [9.17, 15) is 4.79 Å². The molecule has 0 unspecified atom stereocenters. The molecule has 0 aromatic heterocycles. The monoisotopic (exact) mass is 487 g/mol. The molecule has 0 aliphatic carbocycles. The predicted octanol–water partition coefficient (Wildman–Crippen LogP) is 2.30. The van der Waals surface area contributed by atoms with Gasteiger partial charge in [-0.05, 0) is 45.3 Å². The first-order chi connectivity index (χ1) is 12.7. The first-order valence-corrected chi connectivity index (χ1v) is 9.71. The summed E-state index contributed by atoms with van der Waals surface area (Å²) < 4.78 is 0. The molecule has 1 fully saturated rings. The van der Waals surface area contributed by atoms with Crippen LogP contribution in [0.15, 0.2) is 35.3 Å². The quantitative estimate of drug-likeness (QED) is 0.243. The molecule has 152 valence electrons. The molecule has 6 nitrogen and oxygen atoms in total. The van der Waals surface area contributed by atoms with Gasteiger partial charge in [0.2, 0.25) is 5.91 Å². The zero-order valence-corrected chi connectivity index (χ0v) is 18.9. The van der Waals surface area contributed by atoms with E-state index in [1.54, 1.807) is 0 Å². The van der Waals surface area contributed by atoms with Gasteiger partial charge in [0, 0.05) is 32.7 Å². The molecule has 2 N–H and O–H groups in total. The maximum absolute atomic E-state index is 12.1. The number of guanidine groups is 1. The van der Waals surface area contributed by atoms with Gasteiger partial charge in [0.05, 0.1) is 0 Å². The summed E-state index contributed by atoms with van der Waals surface area (Å²) in [6.45, 7) is 7.61. The fourth-order valence-electron chi connectivity index (χ4n) is 3.08. The number of carbonyl (C=O) groups excluding carboxylic acids is 1. The van der Waals surface area contributed by atoms with Crippen molar-refractivity contribution in [3.63, 3.8) is 0 Å². The second kappa shape index (κ2) is 13.8. The normalized spacial score (nSPS) is 14.2. The van der Waals surface area contributed by atoms with Crippen molar-refractivity contribution in [1.82, 2.24) is 20.4 Å². The van der Waals surface area contributed by atoms with E-state index in [1.165, 1.54) is 5.56 Å². The standard InChI is InChI=1S/C20H33N5O.HI/c1-3-21-20(23-16-19(26)25-14-7-8-15-25)22-12-9-13-24(2)17-18-10-5-4-6-11-18;/h4-6,10-11H,3,7-9,12-17H2,1-2H3,(H2,21,22,23);1H. The van der Waals surface area contributed by atoms with Crippen LogP contribution in [-0.4, -0.2) is 68.0 Å². The van der Waals surface area contributed by atoms with Gasteiger partial charge < -0.3 is 20.4 Å². The van der Waals surface area contributed by atoms with Crippen LogP contribution in [0.3, 0.4) is 0 Å². The first-order valence-electron chi connectivity index (χ1n) is 9.71. The smallest absolute Gasteiger partial charge is 0.244 e. The second-order valence-electron chi connectivity index (χ2n) is 6.79. The number of nitrogens with zero attached hydrogens (tertiary/aromatic N) is 3. The molecule has 1 heterocycles. The van der Waals surface area contributed by atoms with Crippen molar-refractivity contribution in [1.29, 1.82) is 0 Å². The lowest BCUT2D eigenvalue weighted by atomic mass is 10.2. The molecule has 0 saturated carbocycles. The molecular weight excluding hydrogens is 453 g/mol. The van der Waals surface area contributed by atoms with E-state index in [0.717, 1.165) is 64.5 Å². The Morgan fingerprint density at radius 3 is 2.56 bits per heavy atom. The summed E-state index contributed by atoms with van der Waals surface area (Å²) in [5, 5.41) is 6.54. The molecule has 1 aromatic carbocycles. The lowest BCUT2D eigenvalue weighted by Crippen LogP contribution is -2.39. The lowest BCUT2D eigenvalue weighted by molar-refractivity contribution is -0.128. The molecule has 1 saturated heterocycles. The highest BCUT2D eigenvalue weighted by Gasteiger charge is 2.17. The Kier molecular flexibility index (Phi) is 12.1. The van der Waals surface area contributed by atoms with Crippen LogP contribution in [0.1, 0.15) is 31.7 Å². The second-order valence-corrected chi connectivity index (χ2v) is 6.79. The fourth-order valence-corrected chi connectivity index (χ4v) is 3.08. The number of halogens is 1. The zero-order chi connectivity index (χ0) is 18.6. The molecule has 0 spiro atoms. The van der Waals surface area contributed by atoms with Gasteiger partial charge in [-0.1, -0.05) is 30.3 Å². The average molecular weight is 487 g/mol. The largest absolute Gasteiger partial charge is 0.357 e. The van der Waals surface area contributed by atoms with Crippen LogP contribution in [0, 0.1) is 0 Å². The highest BCUT2D eigenvalue weighted by Crippen LogP contribution is 2.07. The van der Waals surface area contributed by atoms with Gasteiger partial charge in [0.25, 0.3) is 0 Å². The Balaban J connectivity index is 0.00000364. The average Bonchev–Trinajstić information content (AvgIpc) is 3.18. The number of hydrogen-bond donors (Lipinski definition) is 2. The molecule has 1 aliphatic rings. The van der Waals surface area contributed by atoms with Gasteiger partial charge >= 0.3 is 0 Å². The number of nitrogens with one attached hydrogen (secondary N) is 2. The van der Waals surface area contributed by atoms with Crippen LogP contribution in [0.25, 0.3) is 0 Å². The van der Waals surface area contributed by atoms with Gasteiger partial charge in [0.1, 0.15) is 6.54 Å². The molecule has 7 heteroatoms. The lowest BCUT2D eigenvalue weighted by Gasteiger charge is -2.18. The Bertz CT molecular complexity index is 561. The molecular formula is C20H34IN5O. The summed E-state index contributed by atoms with van der Waals surface area (Å²) in [4.78, 5) is 20.8. The molecule has 0 bridgehead atoms. The van der Waals surface area contributed by atoms with Gasteiger partial charge in [-0.3, -0.25) is 4.79 Å². The third-order valence-electron chi connectivity index (χ3n) is 4.48. The van der Waals surface area contributed by atoms with Crippen LogP contribution in [0.4, 0.5) is 0 Å². The summed E-state index contributed by atoms with van der Waals surface area (Å²) in [7, 11) is 2.14. The molecule has 0 atom stereocenters. The van der Waals surface area contributed by atoms with Crippen molar-refractivity contribution < 1.29 is 4.79 Å². The van der Waals surface area contributed by atoms with Crippen molar-refractivity contribution in [3.8, 4) is 0 Å². The molecule has 1 amide bonds. The van der Waals surface area contributed by atoms with Crippen molar-refractivity contribution in [2.75, 3.05) is 46.3 Å². The maximum Gasteiger partial charge on any atom is 0.244 e. The number of amides is 1. The number of benzene rings is 1. The highest BCUT2D eigenvalue weighted by atomic mass is 127. The molecule has 27 heavy (non-hydrogen) atoms. The Hall–Kier alpha value is -1.35. The van der Waals surface area contributed by atoms with E-state index in [1.807, 2.05) is 17.9 Å². The zero-order valence-electron chi connectivity index (χ0n) is 16.6. The van der Waals surface area contributed by atoms with Gasteiger partial charge in [-0.25, -0.2) is 4.99 Å². The van der Waals surface area contributed by atoms with Crippen LogP contribution < -0.4 is 10.6 Å². The van der Waals surface area contributed by atoms with Gasteiger partial charge in [-0.15, -0.1) is 24.0 Å². The summed E-state index contributed by atoms with van der Waals surface area (Å²) >= 11 is 0. The van der Waals surface area contributed by atoms with Crippen LogP contribution in [-0.2, 0) is 11.3 Å². The van der Waals surface area contributed by atoms with Gasteiger partial charge in [0.15, 0.2) is 5.96 Å². The number of aliphatic imine (C=N–C) groups is 1. The number of hydrogen-bond acceptors (Lipinski definition) is 3. The maximum atomic E-state index is 12.1. The van der Waals surface area contributed by atoms with E-state index >= 15 is 0 Å². The number of carbonyl (C=O) groups is 1. The number of rotatable bonds is 9. The predicted molar refractivity (Wildman–Crippen MR) is 123 cm³/mol. The van der Waals surface area contributed by atoms with Crippen molar-refractivity contribution in [2.24, 2.45) is 4.99 Å². The minimum atomic E-state index is 0. The van der Waals surface area contributed by atoms with Crippen LogP contribution >= 0.6 is 24.0 Å². The van der Waals surface area contributed by atoms with E-state index in [0.29, 0.717) is 0 Å². The van der Waals surface area contributed by atoms with E-state index < -0.39 is 0 Å². The topological polar surface area (TPSA) is 60.0 Å². The van der Waals surface area contributed by atoms with E-state index in [4.69, 9.17) is 0 Å². The van der Waals surface area contributed by atoms with Crippen molar-refractivity contribution in [3.05, 3.63) is 35.9 Å². The molecule has 1 aliphatic heterocycles. The van der Waals surface area contributed by atoms with Crippen LogP contribution in [0.2, 0.25) is 0 Å².